The Labute approximate surface area is 82.3 Å². The zero-order valence-electron chi connectivity index (χ0n) is 9.42. The molecule has 0 unspecified atom stereocenters. The van der Waals surface area contributed by atoms with Gasteiger partial charge in [0.25, 0.3) is 0 Å². The summed E-state index contributed by atoms with van der Waals surface area (Å²) in [5.74, 6) is 0. The van der Waals surface area contributed by atoms with E-state index in [2.05, 4.69) is 32.8 Å². The van der Waals surface area contributed by atoms with Gasteiger partial charge in [-0.3, -0.25) is 0 Å². The van der Waals surface area contributed by atoms with Gasteiger partial charge in [0.15, 0.2) is 0 Å². The Morgan fingerprint density at radius 1 is 1.08 bits per heavy atom. The molecule has 1 fully saturated rings. The van der Waals surface area contributed by atoms with Gasteiger partial charge in [-0.25, -0.2) is 0 Å². The zero-order chi connectivity index (χ0) is 9.84. The van der Waals surface area contributed by atoms with Crippen LogP contribution in [0.25, 0.3) is 0 Å². The van der Waals surface area contributed by atoms with Gasteiger partial charge < -0.3 is 9.64 Å². The Morgan fingerprint density at radius 2 is 1.62 bits per heavy atom. The summed E-state index contributed by atoms with van der Waals surface area (Å²) in [6, 6.07) is 0.784. The average Bonchev–Trinajstić information content (AvgIpc) is 2.04. The normalized spacial score (nSPS) is 30.0. The van der Waals surface area contributed by atoms with Crippen molar-refractivity contribution in [3.05, 3.63) is 0 Å². The number of hydrogen-bond acceptors (Lipinski definition) is 2. The van der Waals surface area contributed by atoms with Crippen LogP contribution in [0.1, 0.15) is 39.5 Å². The maximum absolute atomic E-state index is 5.80. The molecule has 1 aliphatic rings. The van der Waals surface area contributed by atoms with E-state index in [0.717, 1.165) is 6.04 Å². The molecule has 0 aliphatic heterocycles. The second kappa shape index (κ2) is 4.97. The van der Waals surface area contributed by atoms with Crippen molar-refractivity contribution in [2.75, 3.05) is 14.1 Å². The highest BCUT2D eigenvalue weighted by molar-refractivity contribution is 4.77. The monoisotopic (exact) mass is 185 g/mol. The third kappa shape index (κ3) is 3.65. The summed E-state index contributed by atoms with van der Waals surface area (Å²) < 4.78 is 5.80. The van der Waals surface area contributed by atoms with Crippen molar-refractivity contribution in [2.24, 2.45) is 0 Å². The van der Waals surface area contributed by atoms with Crippen molar-refractivity contribution >= 4 is 0 Å². The predicted molar refractivity (Wildman–Crippen MR) is 56.0 cm³/mol. The number of ether oxygens (including phenoxy) is 1. The fraction of sp³-hybridized carbons (Fsp3) is 1.00. The summed E-state index contributed by atoms with van der Waals surface area (Å²) in [4.78, 5) is 2.34. The first-order valence-corrected chi connectivity index (χ1v) is 5.41. The Bertz CT molecular complexity index is 137. The van der Waals surface area contributed by atoms with Crippen LogP contribution in [0, 0.1) is 0 Å². The lowest BCUT2D eigenvalue weighted by Crippen LogP contribution is -2.35. The number of rotatable bonds is 3. The largest absolute Gasteiger partial charge is 0.376 e. The van der Waals surface area contributed by atoms with E-state index in [1.165, 1.54) is 25.7 Å². The minimum atomic E-state index is 0.390. The van der Waals surface area contributed by atoms with Crippen LogP contribution in [0.3, 0.4) is 0 Å². The molecule has 0 atom stereocenters. The van der Waals surface area contributed by atoms with Crippen molar-refractivity contribution in [1.29, 1.82) is 0 Å². The molecule has 0 spiro atoms. The molecule has 2 nitrogen and oxygen atoms in total. The smallest absolute Gasteiger partial charge is 0.0579 e. The fourth-order valence-corrected chi connectivity index (χ4v) is 2.08. The first-order chi connectivity index (χ1) is 6.09. The molecular formula is C11H23NO. The molecule has 2 heteroatoms. The average molecular weight is 185 g/mol. The summed E-state index contributed by atoms with van der Waals surface area (Å²) >= 11 is 0. The highest BCUT2D eigenvalue weighted by Crippen LogP contribution is 2.24. The van der Waals surface area contributed by atoms with E-state index in [0.29, 0.717) is 12.2 Å². The Balaban J connectivity index is 2.22. The lowest BCUT2D eigenvalue weighted by molar-refractivity contribution is -0.0224. The van der Waals surface area contributed by atoms with Crippen LogP contribution >= 0.6 is 0 Å². The second-order valence-corrected chi connectivity index (χ2v) is 4.58. The Morgan fingerprint density at radius 3 is 2.00 bits per heavy atom. The maximum atomic E-state index is 5.80. The van der Waals surface area contributed by atoms with Gasteiger partial charge in [0, 0.05) is 6.04 Å². The van der Waals surface area contributed by atoms with E-state index in [1.807, 2.05) is 0 Å². The summed E-state index contributed by atoms with van der Waals surface area (Å²) in [5.41, 5.74) is 0. The summed E-state index contributed by atoms with van der Waals surface area (Å²) in [6.07, 6.45) is 5.98. The topological polar surface area (TPSA) is 12.5 Å². The molecule has 0 radical (unpaired) electrons. The summed E-state index contributed by atoms with van der Waals surface area (Å²) in [5, 5.41) is 0. The van der Waals surface area contributed by atoms with Crippen LogP contribution in [-0.4, -0.2) is 37.2 Å². The van der Waals surface area contributed by atoms with Gasteiger partial charge in [0.2, 0.25) is 0 Å². The van der Waals surface area contributed by atoms with E-state index in [1.54, 1.807) is 0 Å². The molecule has 0 aromatic carbocycles. The van der Waals surface area contributed by atoms with Gasteiger partial charge in [0.1, 0.15) is 0 Å². The lowest BCUT2D eigenvalue weighted by atomic mass is 9.92. The minimum absolute atomic E-state index is 0.390. The summed E-state index contributed by atoms with van der Waals surface area (Å²) in [6.45, 7) is 4.25. The van der Waals surface area contributed by atoms with Crippen molar-refractivity contribution in [3.63, 3.8) is 0 Å². The number of hydrogen-bond donors (Lipinski definition) is 0. The molecule has 0 aromatic rings. The summed E-state index contributed by atoms with van der Waals surface area (Å²) in [7, 11) is 4.35. The molecule has 0 amide bonds. The van der Waals surface area contributed by atoms with Crippen molar-refractivity contribution in [2.45, 2.75) is 57.8 Å². The zero-order valence-corrected chi connectivity index (χ0v) is 9.42. The van der Waals surface area contributed by atoms with E-state index >= 15 is 0 Å². The van der Waals surface area contributed by atoms with Gasteiger partial charge in [0.05, 0.1) is 12.2 Å². The molecule has 1 rings (SSSR count). The van der Waals surface area contributed by atoms with E-state index in [4.69, 9.17) is 4.74 Å². The molecule has 1 saturated carbocycles. The Hall–Kier alpha value is -0.0800. The molecule has 0 N–H and O–H groups in total. The first kappa shape index (κ1) is 11.0. The molecule has 78 valence electrons. The SMILES string of the molecule is CC(C)OC1CCC(N(C)C)CC1. The lowest BCUT2D eigenvalue weighted by Gasteiger charge is -2.33. The first-order valence-electron chi connectivity index (χ1n) is 5.41. The van der Waals surface area contributed by atoms with E-state index in [-0.39, 0.29) is 0 Å². The second-order valence-electron chi connectivity index (χ2n) is 4.58. The van der Waals surface area contributed by atoms with E-state index < -0.39 is 0 Å². The van der Waals surface area contributed by atoms with Gasteiger partial charge in [-0.1, -0.05) is 0 Å². The molecule has 0 bridgehead atoms. The molecule has 13 heavy (non-hydrogen) atoms. The van der Waals surface area contributed by atoms with Gasteiger partial charge in [-0.15, -0.1) is 0 Å². The van der Waals surface area contributed by atoms with Crippen LogP contribution in [0.15, 0.2) is 0 Å². The highest BCUT2D eigenvalue weighted by atomic mass is 16.5. The van der Waals surface area contributed by atoms with Crippen molar-refractivity contribution in [3.8, 4) is 0 Å². The van der Waals surface area contributed by atoms with E-state index in [9.17, 15) is 0 Å². The standard InChI is InChI=1S/C11H23NO/c1-9(2)13-11-7-5-10(6-8-11)12(3)4/h9-11H,5-8H2,1-4H3. The maximum Gasteiger partial charge on any atom is 0.0579 e. The molecule has 0 heterocycles. The highest BCUT2D eigenvalue weighted by Gasteiger charge is 2.23. The fourth-order valence-electron chi connectivity index (χ4n) is 2.08. The third-order valence-corrected chi connectivity index (χ3v) is 2.84. The van der Waals surface area contributed by atoms with Crippen LogP contribution in [-0.2, 0) is 4.74 Å². The van der Waals surface area contributed by atoms with Gasteiger partial charge >= 0.3 is 0 Å². The molecule has 0 saturated heterocycles. The quantitative estimate of drug-likeness (QED) is 0.669. The Kier molecular flexibility index (Phi) is 4.20. The molecule has 0 aromatic heterocycles. The minimum Gasteiger partial charge on any atom is -0.376 e. The van der Waals surface area contributed by atoms with Crippen molar-refractivity contribution < 1.29 is 4.74 Å². The predicted octanol–water partition coefficient (Wildman–Crippen LogP) is 2.28. The van der Waals surface area contributed by atoms with Gasteiger partial charge in [-0.05, 0) is 53.6 Å². The third-order valence-electron chi connectivity index (χ3n) is 2.84. The van der Waals surface area contributed by atoms with Crippen LogP contribution in [0.2, 0.25) is 0 Å². The number of nitrogens with zero attached hydrogens (tertiary/aromatic N) is 1. The van der Waals surface area contributed by atoms with Crippen molar-refractivity contribution in [1.82, 2.24) is 4.90 Å². The molecule has 1 aliphatic carbocycles. The van der Waals surface area contributed by atoms with Crippen LogP contribution in [0.4, 0.5) is 0 Å². The van der Waals surface area contributed by atoms with Crippen LogP contribution in [0.5, 0.6) is 0 Å². The molecular weight excluding hydrogens is 162 g/mol. The van der Waals surface area contributed by atoms with Crippen LogP contribution < -0.4 is 0 Å². The van der Waals surface area contributed by atoms with Gasteiger partial charge in [-0.2, -0.15) is 0 Å².